The Kier molecular flexibility index (Phi) is 7.53. The van der Waals surface area contributed by atoms with Crippen molar-refractivity contribution in [1.29, 1.82) is 0 Å². The number of pyridine rings is 1. The molecular formula is C27H26F6N2O. The number of amides is 1. The number of hydrogen-bond acceptors (Lipinski definition) is 2. The van der Waals surface area contributed by atoms with Gasteiger partial charge < -0.3 is 4.90 Å². The summed E-state index contributed by atoms with van der Waals surface area (Å²) in [6.07, 6.45) is -8.93. The Labute approximate surface area is 205 Å². The second-order valence-electron chi connectivity index (χ2n) is 9.32. The average molecular weight is 509 g/mol. The van der Waals surface area contributed by atoms with Crippen molar-refractivity contribution in [1.82, 2.24) is 4.98 Å². The molecule has 0 radical (unpaired) electrons. The van der Waals surface area contributed by atoms with E-state index < -0.39 is 36.5 Å². The number of rotatable bonds is 6. The Morgan fingerprint density at radius 2 is 1.42 bits per heavy atom. The molecule has 0 fully saturated rings. The molecule has 0 aliphatic carbocycles. The number of benzene rings is 2. The lowest BCUT2D eigenvalue weighted by Crippen LogP contribution is -2.42. The predicted octanol–water partition coefficient (Wildman–Crippen LogP) is 7.21. The van der Waals surface area contributed by atoms with Gasteiger partial charge in [0.05, 0.1) is 30.1 Å². The molecule has 2 aromatic carbocycles. The van der Waals surface area contributed by atoms with Crippen LogP contribution in [0.1, 0.15) is 36.1 Å². The van der Waals surface area contributed by atoms with Crippen LogP contribution in [0.5, 0.6) is 0 Å². The van der Waals surface area contributed by atoms with Gasteiger partial charge in [0.25, 0.3) is 0 Å². The SMILES string of the molecule is Cc1ccccc1-c1ccncc1N(C)C(=O)C(C)(C)c1cc(CC(F)(F)F)cc(CC(F)(F)F)c1. The zero-order chi connectivity index (χ0) is 26.9. The Morgan fingerprint density at radius 3 is 1.94 bits per heavy atom. The number of alkyl halides is 6. The molecule has 3 rings (SSSR count). The quantitative estimate of drug-likeness (QED) is 0.330. The zero-order valence-electron chi connectivity index (χ0n) is 20.3. The van der Waals surface area contributed by atoms with Gasteiger partial charge in [0.2, 0.25) is 5.91 Å². The summed E-state index contributed by atoms with van der Waals surface area (Å²) in [4.78, 5) is 19.1. The van der Waals surface area contributed by atoms with Crippen LogP contribution in [-0.4, -0.2) is 30.3 Å². The number of carbonyl (C=O) groups excluding carboxylic acids is 1. The summed E-state index contributed by atoms with van der Waals surface area (Å²) in [6, 6.07) is 12.5. The van der Waals surface area contributed by atoms with Crippen LogP contribution in [0.15, 0.2) is 60.9 Å². The molecule has 0 saturated heterocycles. The maximum absolute atomic E-state index is 13.7. The molecule has 0 atom stereocenters. The number of likely N-dealkylation sites (N-methyl/N-ethyl adjacent to an activating group) is 1. The van der Waals surface area contributed by atoms with Gasteiger partial charge in [-0.1, -0.05) is 42.5 Å². The number of aryl methyl sites for hydroxylation is 1. The standard InChI is InChI=1S/C27H26F6N2O/c1-17-7-5-6-8-21(17)22-9-10-34-16-23(22)35(4)24(36)25(2,3)20-12-18(14-26(28,29)30)11-19(13-20)15-27(31,32)33/h5-13,16H,14-15H2,1-4H3. The molecule has 3 nitrogen and oxygen atoms in total. The fourth-order valence-corrected chi connectivity index (χ4v) is 4.20. The largest absolute Gasteiger partial charge is 0.393 e. The fourth-order valence-electron chi connectivity index (χ4n) is 4.20. The first kappa shape index (κ1) is 27.2. The maximum atomic E-state index is 13.7. The summed E-state index contributed by atoms with van der Waals surface area (Å²) in [5, 5.41) is 0. The number of anilines is 1. The summed E-state index contributed by atoms with van der Waals surface area (Å²) in [5.41, 5.74) is 0.991. The lowest BCUT2D eigenvalue weighted by molar-refractivity contribution is -0.127. The van der Waals surface area contributed by atoms with Gasteiger partial charge in [0, 0.05) is 18.8 Å². The van der Waals surface area contributed by atoms with Crippen molar-refractivity contribution >= 4 is 11.6 Å². The molecule has 0 aliphatic rings. The Morgan fingerprint density at radius 1 is 0.861 bits per heavy atom. The fraction of sp³-hybridized carbons (Fsp3) is 0.333. The number of carbonyl (C=O) groups is 1. The maximum Gasteiger partial charge on any atom is 0.393 e. The molecule has 0 N–H and O–H groups in total. The van der Waals surface area contributed by atoms with E-state index in [2.05, 4.69) is 4.98 Å². The van der Waals surface area contributed by atoms with Crippen molar-refractivity contribution in [2.75, 3.05) is 11.9 Å². The number of halogens is 6. The molecular weight excluding hydrogens is 482 g/mol. The molecule has 0 aliphatic heterocycles. The molecule has 1 aromatic heterocycles. The highest BCUT2D eigenvalue weighted by Gasteiger charge is 2.37. The minimum Gasteiger partial charge on any atom is -0.313 e. The Bertz CT molecular complexity index is 1210. The van der Waals surface area contributed by atoms with Crippen molar-refractivity contribution in [2.45, 2.75) is 51.4 Å². The summed E-state index contributed by atoms with van der Waals surface area (Å²) >= 11 is 0. The Hall–Kier alpha value is -3.36. The predicted molar refractivity (Wildman–Crippen MR) is 127 cm³/mol. The van der Waals surface area contributed by atoms with E-state index in [1.54, 1.807) is 12.3 Å². The van der Waals surface area contributed by atoms with Gasteiger partial charge >= 0.3 is 12.4 Å². The number of nitrogens with zero attached hydrogens (tertiary/aromatic N) is 2. The molecule has 1 heterocycles. The molecule has 192 valence electrons. The van der Waals surface area contributed by atoms with Crippen molar-refractivity contribution < 1.29 is 31.1 Å². The average Bonchev–Trinajstić information content (AvgIpc) is 2.76. The van der Waals surface area contributed by atoms with E-state index in [0.717, 1.165) is 34.9 Å². The first-order valence-electron chi connectivity index (χ1n) is 11.1. The summed E-state index contributed by atoms with van der Waals surface area (Å²) in [5.74, 6) is -0.507. The lowest BCUT2D eigenvalue weighted by atomic mass is 9.80. The van der Waals surface area contributed by atoms with E-state index in [4.69, 9.17) is 0 Å². The highest BCUT2D eigenvalue weighted by Crippen LogP contribution is 2.36. The minimum absolute atomic E-state index is 0.0710. The third-order valence-electron chi connectivity index (χ3n) is 6.02. The van der Waals surface area contributed by atoms with Crippen LogP contribution < -0.4 is 4.90 Å². The normalized spacial score (nSPS) is 12.5. The van der Waals surface area contributed by atoms with Crippen LogP contribution in [0.3, 0.4) is 0 Å². The van der Waals surface area contributed by atoms with E-state index in [0.29, 0.717) is 5.69 Å². The second-order valence-corrected chi connectivity index (χ2v) is 9.32. The molecule has 3 aromatic rings. The smallest absolute Gasteiger partial charge is 0.313 e. The van der Waals surface area contributed by atoms with E-state index in [1.165, 1.54) is 32.0 Å². The molecule has 0 bridgehead atoms. The van der Waals surface area contributed by atoms with Gasteiger partial charge in [0.1, 0.15) is 0 Å². The summed E-state index contributed by atoms with van der Waals surface area (Å²) in [7, 11) is 1.51. The van der Waals surface area contributed by atoms with Crippen LogP contribution in [0.25, 0.3) is 11.1 Å². The number of hydrogen-bond donors (Lipinski definition) is 0. The molecule has 9 heteroatoms. The monoisotopic (exact) mass is 508 g/mol. The van der Waals surface area contributed by atoms with Crippen molar-refractivity contribution in [3.63, 3.8) is 0 Å². The lowest BCUT2D eigenvalue weighted by Gasteiger charge is -2.32. The van der Waals surface area contributed by atoms with Crippen molar-refractivity contribution in [2.24, 2.45) is 0 Å². The highest BCUT2D eigenvalue weighted by atomic mass is 19.4. The molecule has 1 amide bonds. The molecule has 0 spiro atoms. The van der Waals surface area contributed by atoms with Crippen LogP contribution in [0.2, 0.25) is 0 Å². The first-order chi connectivity index (χ1) is 16.6. The topological polar surface area (TPSA) is 33.2 Å². The molecule has 0 saturated carbocycles. The van der Waals surface area contributed by atoms with Gasteiger partial charge in [-0.15, -0.1) is 0 Å². The van der Waals surface area contributed by atoms with Gasteiger partial charge in [-0.2, -0.15) is 26.3 Å². The van der Waals surface area contributed by atoms with Crippen molar-refractivity contribution in [3.8, 4) is 11.1 Å². The minimum atomic E-state index is -4.61. The van der Waals surface area contributed by atoms with Crippen LogP contribution in [0, 0.1) is 6.92 Å². The van der Waals surface area contributed by atoms with Gasteiger partial charge in [-0.3, -0.25) is 9.78 Å². The van der Waals surface area contributed by atoms with E-state index >= 15 is 0 Å². The number of aromatic nitrogens is 1. The van der Waals surface area contributed by atoms with Gasteiger partial charge in [0.15, 0.2) is 0 Å². The summed E-state index contributed by atoms with van der Waals surface area (Å²) in [6.45, 7) is 4.89. The Balaban J connectivity index is 2.05. The first-order valence-corrected chi connectivity index (χ1v) is 11.1. The third kappa shape index (κ3) is 6.44. The third-order valence-corrected chi connectivity index (χ3v) is 6.02. The van der Waals surface area contributed by atoms with Gasteiger partial charge in [-0.05, 0) is 54.7 Å². The highest BCUT2D eigenvalue weighted by molar-refractivity contribution is 6.03. The van der Waals surface area contributed by atoms with Gasteiger partial charge in [-0.25, -0.2) is 0 Å². The van der Waals surface area contributed by atoms with E-state index in [9.17, 15) is 31.1 Å². The van der Waals surface area contributed by atoms with Crippen LogP contribution in [0.4, 0.5) is 32.0 Å². The van der Waals surface area contributed by atoms with Crippen molar-refractivity contribution in [3.05, 3.63) is 83.2 Å². The van der Waals surface area contributed by atoms with E-state index in [-0.39, 0.29) is 16.7 Å². The molecule has 36 heavy (non-hydrogen) atoms. The summed E-state index contributed by atoms with van der Waals surface area (Å²) < 4.78 is 78.5. The van der Waals surface area contributed by atoms with E-state index in [1.807, 2.05) is 31.2 Å². The zero-order valence-corrected chi connectivity index (χ0v) is 20.3. The van der Waals surface area contributed by atoms with Crippen LogP contribution in [-0.2, 0) is 23.1 Å². The van der Waals surface area contributed by atoms with Crippen LogP contribution >= 0.6 is 0 Å². The molecule has 0 unspecified atom stereocenters. The second kappa shape index (κ2) is 9.95.